The minimum atomic E-state index is -0.608. The fourth-order valence-corrected chi connectivity index (χ4v) is 1.54. The van der Waals surface area contributed by atoms with Crippen molar-refractivity contribution >= 4 is 0 Å². The first-order chi connectivity index (χ1) is 6.57. The number of rotatable bonds is 4. The van der Waals surface area contributed by atoms with Gasteiger partial charge < -0.3 is 15.4 Å². The molecule has 1 rings (SSSR count). The minimum Gasteiger partial charge on any atom is -0.385 e. The number of aryl methyl sites for hydroxylation is 1. The van der Waals surface area contributed by atoms with E-state index < -0.39 is 6.10 Å². The Morgan fingerprint density at radius 1 is 1.43 bits per heavy atom. The molecule has 3 N–H and O–H groups in total. The summed E-state index contributed by atoms with van der Waals surface area (Å²) in [5, 5.41) is 17.7. The van der Waals surface area contributed by atoms with Gasteiger partial charge in [-0.05, 0) is 33.7 Å². The summed E-state index contributed by atoms with van der Waals surface area (Å²) in [6.07, 6.45) is -0.0891. The molecule has 0 amide bonds. The summed E-state index contributed by atoms with van der Waals surface area (Å²) >= 11 is 0. The summed E-state index contributed by atoms with van der Waals surface area (Å²) in [6, 6.07) is 0.257. The number of nitrogens with zero attached hydrogens (tertiary/aromatic N) is 3. The lowest BCUT2D eigenvalue weighted by molar-refractivity contribution is 0.153. The van der Waals surface area contributed by atoms with E-state index in [1.807, 2.05) is 25.3 Å². The van der Waals surface area contributed by atoms with Gasteiger partial charge in [-0.25, -0.2) is 0 Å². The van der Waals surface area contributed by atoms with Crippen molar-refractivity contribution in [1.29, 1.82) is 0 Å². The Balaban J connectivity index is 2.96. The second-order valence-corrected chi connectivity index (χ2v) is 3.66. The van der Waals surface area contributed by atoms with Crippen molar-refractivity contribution in [2.75, 3.05) is 6.54 Å². The van der Waals surface area contributed by atoms with Crippen molar-refractivity contribution in [2.24, 2.45) is 5.73 Å². The summed E-state index contributed by atoms with van der Waals surface area (Å²) in [7, 11) is 0. The normalized spacial score (nSPS) is 13.6. The van der Waals surface area contributed by atoms with E-state index in [0.717, 1.165) is 5.82 Å². The van der Waals surface area contributed by atoms with E-state index in [1.165, 1.54) is 0 Å². The highest BCUT2D eigenvalue weighted by Crippen LogP contribution is 2.18. The maximum atomic E-state index is 9.76. The number of aromatic nitrogens is 3. The topological polar surface area (TPSA) is 77.0 Å². The average Bonchev–Trinajstić information content (AvgIpc) is 2.47. The van der Waals surface area contributed by atoms with Crippen molar-refractivity contribution in [3.05, 3.63) is 11.6 Å². The first kappa shape index (κ1) is 11.1. The maximum Gasteiger partial charge on any atom is 0.162 e. The quantitative estimate of drug-likeness (QED) is 0.740. The SMILES string of the molecule is Cc1nnc(C(O)CCN)n1C(C)C. The van der Waals surface area contributed by atoms with Crippen LogP contribution in [-0.4, -0.2) is 26.4 Å². The third-order valence-corrected chi connectivity index (χ3v) is 2.15. The zero-order chi connectivity index (χ0) is 10.7. The lowest BCUT2D eigenvalue weighted by atomic mass is 10.2. The molecule has 0 fully saturated rings. The van der Waals surface area contributed by atoms with E-state index >= 15 is 0 Å². The molecule has 0 aliphatic carbocycles. The van der Waals surface area contributed by atoms with Gasteiger partial charge in [-0.2, -0.15) is 0 Å². The summed E-state index contributed by atoms with van der Waals surface area (Å²) in [5.74, 6) is 1.44. The number of aliphatic hydroxyl groups is 1. The van der Waals surface area contributed by atoms with Crippen LogP contribution in [0.3, 0.4) is 0 Å². The smallest absolute Gasteiger partial charge is 0.162 e. The molecule has 0 saturated carbocycles. The number of hydrogen-bond donors (Lipinski definition) is 2. The maximum absolute atomic E-state index is 9.76. The number of hydrogen-bond acceptors (Lipinski definition) is 4. The standard InChI is InChI=1S/C9H18N4O/c1-6(2)13-7(3)11-12-9(13)8(14)4-5-10/h6,8,14H,4-5,10H2,1-3H3. The van der Waals surface area contributed by atoms with E-state index in [2.05, 4.69) is 10.2 Å². The van der Waals surface area contributed by atoms with Crippen molar-refractivity contribution in [3.8, 4) is 0 Å². The third kappa shape index (κ3) is 2.10. The Morgan fingerprint density at radius 2 is 2.07 bits per heavy atom. The van der Waals surface area contributed by atoms with Gasteiger partial charge in [0.15, 0.2) is 5.82 Å². The second-order valence-electron chi connectivity index (χ2n) is 3.66. The van der Waals surface area contributed by atoms with Crippen LogP contribution in [0.5, 0.6) is 0 Å². The van der Waals surface area contributed by atoms with E-state index in [4.69, 9.17) is 5.73 Å². The largest absolute Gasteiger partial charge is 0.385 e. The van der Waals surface area contributed by atoms with Crippen molar-refractivity contribution in [3.63, 3.8) is 0 Å². The van der Waals surface area contributed by atoms with E-state index in [-0.39, 0.29) is 6.04 Å². The molecule has 14 heavy (non-hydrogen) atoms. The van der Waals surface area contributed by atoms with E-state index in [1.54, 1.807) is 0 Å². The summed E-state index contributed by atoms with van der Waals surface area (Å²) in [5.41, 5.74) is 5.38. The van der Waals surface area contributed by atoms with Gasteiger partial charge in [0.2, 0.25) is 0 Å². The van der Waals surface area contributed by atoms with Crippen LogP contribution < -0.4 is 5.73 Å². The molecule has 1 unspecified atom stereocenters. The highest BCUT2D eigenvalue weighted by Gasteiger charge is 2.18. The zero-order valence-electron chi connectivity index (χ0n) is 8.94. The van der Waals surface area contributed by atoms with Crippen LogP contribution in [0, 0.1) is 6.92 Å². The second kappa shape index (κ2) is 4.52. The molecule has 0 saturated heterocycles. The van der Waals surface area contributed by atoms with Crippen molar-refractivity contribution in [2.45, 2.75) is 39.3 Å². The highest BCUT2D eigenvalue weighted by molar-refractivity contribution is 4.99. The molecule has 0 aliphatic heterocycles. The Labute approximate surface area is 83.9 Å². The van der Waals surface area contributed by atoms with Gasteiger partial charge in [-0.15, -0.1) is 10.2 Å². The van der Waals surface area contributed by atoms with Crippen LogP contribution in [0.25, 0.3) is 0 Å². The van der Waals surface area contributed by atoms with Gasteiger partial charge in [0.1, 0.15) is 11.9 Å². The summed E-state index contributed by atoms with van der Waals surface area (Å²) in [4.78, 5) is 0. The van der Waals surface area contributed by atoms with Crippen LogP contribution >= 0.6 is 0 Å². The Hall–Kier alpha value is -0.940. The highest BCUT2D eigenvalue weighted by atomic mass is 16.3. The van der Waals surface area contributed by atoms with Crippen molar-refractivity contribution in [1.82, 2.24) is 14.8 Å². The fourth-order valence-electron chi connectivity index (χ4n) is 1.54. The van der Waals surface area contributed by atoms with Crippen LogP contribution in [0.1, 0.15) is 44.1 Å². The zero-order valence-corrected chi connectivity index (χ0v) is 8.94. The summed E-state index contributed by atoms with van der Waals surface area (Å²) < 4.78 is 1.93. The molecular formula is C9H18N4O. The van der Waals surface area contributed by atoms with Crippen LogP contribution in [0.4, 0.5) is 0 Å². The molecule has 0 spiro atoms. The Morgan fingerprint density at radius 3 is 2.57 bits per heavy atom. The van der Waals surface area contributed by atoms with E-state index in [9.17, 15) is 5.11 Å². The molecule has 0 bridgehead atoms. The predicted molar refractivity (Wildman–Crippen MR) is 53.8 cm³/mol. The third-order valence-electron chi connectivity index (χ3n) is 2.15. The Bertz CT molecular complexity index is 295. The minimum absolute atomic E-state index is 0.257. The van der Waals surface area contributed by atoms with Crippen molar-refractivity contribution < 1.29 is 5.11 Å². The molecule has 0 aromatic carbocycles. The molecular weight excluding hydrogens is 180 g/mol. The predicted octanol–water partition coefficient (Wildman–Crippen LogP) is 0.550. The first-order valence-electron chi connectivity index (χ1n) is 4.87. The van der Waals surface area contributed by atoms with Gasteiger partial charge in [-0.3, -0.25) is 0 Å². The fraction of sp³-hybridized carbons (Fsp3) is 0.778. The van der Waals surface area contributed by atoms with Crippen LogP contribution in [0.2, 0.25) is 0 Å². The van der Waals surface area contributed by atoms with Gasteiger partial charge in [0, 0.05) is 6.04 Å². The monoisotopic (exact) mass is 198 g/mol. The molecule has 1 aromatic heterocycles. The number of nitrogens with two attached hydrogens (primary N) is 1. The molecule has 0 radical (unpaired) electrons. The molecule has 80 valence electrons. The van der Waals surface area contributed by atoms with E-state index in [0.29, 0.717) is 18.8 Å². The van der Waals surface area contributed by atoms with Gasteiger partial charge in [-0.1, -0.05) is 0 Å². The molecule has 0 aliphatic rings. The molecule has 1 aromatic rings. The lowest BCUT2D eigenvalue weighted by Crippen LogP contribution is -2.15. The molecule has 1 atom stereocenters. The van der Waals surface area contributed by atoms with Crippen LogP contribution in [-0.2, 0) is 0 Å². The lowest BCUT2D eigenvalue weighted by Gasteiger charge is -2.15. The first-order valence-corrected chi connectivity index (χ1v) is 4.87. The van der Waals surface area contributed by atoms with Gasteiger partial charge in [0.05, 0.1) is 0 Å². The molecule has 1 heterocycles. The average molecular weight is 198 g/mol. The Kier molecular flexibility index (Phi) is 3.60. The van der Waals surface area contributed by atoms with Gasteiger partial charge >= 0.3 is 0 Å². The molecule has 5 nitrogen and oxygen atoms in total. The summed E-state index contributed by atoms with van der Waals surface area (Å²) in [6.45, 7) is 6.40. The van der Waals surface area contributed by atoms with Gasteiger partial charge in [0.25, 0.3) is 0 Å². The number of aliphatic hydroxyl groups excluding tert-OH is 1. The van der Waals surface area contributed by atoms with Crippen LogP contribution in [0.15, 0.2) is 0 Å². The molecule has 5 heteroatoms.